The summed E-state index contributed by atoms with van der Waals surface area (Å²) in [7, 11) is 0. The van der Waals surface area contributed by atoms with Crippen molar-refractivity contribution < 1.29 is 22.6 Å². The topological polar surface area (TPSA) is 18.5 Å². The summed E-state index contributed by atoms with van der Waals surface area (Å²) < 4.78 is 55.9. The van der Waals surface area contributed by atoms with Crippen LogP contribution in [0.25, 0.3) is 0 Å². The maximum Gasteiger partial charge on any atom is 0.162 e. The number of rotatable bonds is 9. The van der Waals surface area contributed by atoms with Gasteiger partial charge in [-0.3, -0.25) is 0 Å². The lowest BCUT2D eigenvalue weighted by Crippen LogP contribution is -2.22. The predicted octanol–water partition coefficient (Wildman–Crippen LogP) is 8.60. The van der Waals surface area contributed by atoms with Gasteiger partial charge in [0.05, 0.1) is 19.3 Å². The molecule has 0 aliphatic heterocycles. The van der Waals surface area contributed by atoms with Gasteiger partial charge in [-0.05, 0) is 79.9 Å². The largest absolute Gasteiger partial charge is 0.493 e. The average Bonchev–Trinajstić information content (AvgIpc) is 2.86. The van der Waals surface area contributed by atoms with Gasteiger partial charge in [0.2, 0.25) is 0 Å². The van der Waals surface area contributed by atoms with Crippen LogP contribution in [-0.2, 0) is 11.3 Å². The summed E-state index contributed by atoms with van der Waals surface area (Å²) in [4.78, 5) is 0. The first-order valence-electron chi connectivity index (χ1n) is 13.1. The number of hydrogen-bond donors (Lipinski definition) is 0. The van der Waals surface area contributed by atoms with Crippen LogP contribution in [0.3, 0.4) is 0 Å². The summed E-state index contributed by atoms with van der Waals surface area (Å²) >= 11 is 0. The van der Waals surface area contributed by atoms with Gasteiger partial charge in [-0.15, -0.1) is 6.58 Å². The molecule has 0 heterocycles. The monoisotopic (exact) mass is 486 g/mol. The molecule has 0 bridgehead atoms. The van der Waals surface area contributed by atoms with Crippen LogP contribution in [0.5, 0.6) is 5.75 Å². The molecule has 0 unspecified atom stereocenters. The summed E-state index contributed by atoms with van der Waals surface area (Å²) in [5, 5.41) is 0. The van der Waals surface area contributed by atoms with Gasteiger partial charge in [0, 0.05) is 11.6 Å². The van der Waals surface area contributed by atoms with E-state index >= 15 is 4.39 Å². The van der Waals surface area contributed by atoms with Crippen molar-refractivity contribution in [3.63, 3.8) is 0 Å². The third-order valence-corrected chi connectivity index (χ3v) is 7.80. The number of halogens is 3. The molecule has 0 N–H and O–H groups in total. The average molecular weight is 487 g/mol. The highest BCUT2D eigenvalue weighted by atomic mass is 19.2. The van der Waals surface area contributed by atoms with Crippen LogP contribution in [0.15, 0.2) is 43.0 Å². The number of hydrogen-bond acceptors (Lipinski definition) is 2. The molecule has 0 spiro atoms. The van der Waals surface area contributed by atoms with Crippen LogP contribution >= 0.6 is 0 Å². The first-order valence-corrected chi connectivity index (χ1v) is 13.1. The maximum absolute atomic E-state index is 15.1. The second kappa shape index (κ2) is 12.1. The molecule has 0 atom stereocenters. The van der Waals surface area contributed by atoms with Crippen molar-refractivity contribution in [2.45, 2.75) is 89.3 Å². The minimum Gasteiger partial charge on any atom is -0.493 e. The van der Waals surface area contributed by atoms with Crippen molar-refractivity contribution in [3.05, 3.63) is 77.1 Å². The van der Waals surface area contributed by atoms with Gasteiger partial charge in [0.15, 0.2) is 11.6 Å². The Morgan fingerprint density at radius 1 is 0.857 bits per heavy atom. The van der Waals surface area contributed by atoms with Crippen LogP contribution in [-0.4, -0.2) is 12.7 Å². The standard InChI is InChI=1S/C30H37F3O2/c1-3-4-17-34-25-14-11-23(28(31)18-25)19-35-24-12-9-22(10-13-24)27-16-15-26(29(32)30(27)33)21-7-5-20(2)6-8-21/h3,11,14-16,18,20-22,24H,1,4-10,12-13,17,19H2,2H3. The summed E-state index contributed by atoms with van der Waals surface area (Å²) in [5.41, 5.74) is 1.53. The van der Waals surface area contributed by atoms with Crippen LogP contribution in [0.1, 0.15) is 93.2 Å². The zero-order valence-corrected chi connectivity index (χ0v) is 20.7. The van der Waals surface area contributed by atoms with E-state index in [4.69, 9.17) is 9.47 Å². The minimum absolute atomic E-state index is 0.00601. The summed E-state index contributed by atoms with van der Waals surface area (Å²) in [6.45, 7) is 6.52. The zero-order valence-electron chi connectivity index (χ0n) is 20.7. The number of ether oxygens (including phenoxy) is 2. The van der Waals surface area contributed by atoms with Gasteiger partial charge in [-0.1, -0.05) is 44.0 Å². The lowest BCUT2D eigenvalue weighted by molar-refractivity contribution is 0.0118. The lowest BCUT2D eigenvalue weighted by atomic mass is 9.77. The molecule has 0 saturated heterocycles. The minimum atomic E-state index is -0.664. The Morgan fingerprint density at radius 3 is 2.03 bits per heavy atom. The molecular weight excluding hydrogens is 449 g/mol. The second-order valence-electron chi connectivity index (χ2n) is 10.3. The van der Waals surface area contributed by atoms with Crippen LogP contribution < -0.4 is 4.74 Å². The van der Waals surface area contributed by atoms with Gasteiger partial charge >= 0.3 is 0 Å². The fourth-order valence-electron chi connectivity index (χ4n) is 5.52. The van der Waals surface area contributed by atoms with E-state index in [1.54, 1.807) is 18.2 Å². The van der Waals surface area contributed by atoms with Crippen molar-refractivity contribution in [2.75, 3.05) is 6.61 Å². The second-order valence-corrected chi connectivity index (χ2v) is 10.3. The quantitative estimate of drug-likeness (QED) is 0.261. The Hall–Kier alpha value is -2.27. The van der Waals surface area contributed by atoms with E-state index in [1.807, 2.05) is 12.1 Å². The fourth-order valence-corrected chi connectivity index (χ4v) is 5.52. The molecular formula is C30H37F3O2. The third kappa shape index (κ3) is 6.49. The first kappa shape index (κ1) is 25.8. The van der Waals surface area contributed by atoms with Gasteiger partial charge in [-0.25, -0.2) is 13.2 Å². The van der Waals surface area contributed by atoms with Gasteiger partial charge in [-0.2, -0.15) is 0 Å². The van der Waals surface area contributed by atoms with Crippen molar-refractivity contribution in [1.82, 2.24) is 0 Å². The summed E-state index contributed by atoms with van der Waals surface area (Å²) in [5.74, 6) is -0.365. The molecule has 4 rings (SSSR count). The van der Waals surface area contributed by atoms with Gasteiger partial charge in [0.1, 0.15) is 11.6 Å². The van der Waals surface area contributed by atoms with E-state index in [0.29, 0.717) is 41.4 Å². The van der Waals surface area contributed by atoms with E-state index in [0.717, 1.165) is 51.4 Å². The maximum atomic E-state index is 15.1. The van der Waals surface area contributed by atoms with E-state index < -0.39 is 11.6 Å². The molecule has 2 aliphatic carbocycles. The van der Waals surface area contributed by atoms with Gasteiger partial charge in [0.25, 0.3) is 0 Å². The SMILES string of the molecule is C=CCCOc1ccc(COC2CCC(c3ccc(C4CCC(C)CC4)c(F)c3F)CC2)c(F)c1. The van der Waals surface area contributed by atoms with E-state index in [2.05, 4.69) is 13.5 Å². The highest BCUT2D eigenvalue weighted by Gasteiger charge is 2.29. The molecule has 2 aliphatic rings. The molecule has 0 radical (unpaired) electrons. The predicted molar refractivity (Wildman–Crippen MR) is 133 cm³/mol. The Kier molecular flexibility index (Phi) is 8.94. The zero-order chi connectivity index (χ0) is 24.8. The lowest BCUT2D eigenvalue weighted by Gasteiger charge is -2.30. The molecule has 35 heavy (non-hydrogen) atoms. The molecule has 0 amide bonds. The van der Waals surface area contributed by atoms with Crippen molar-refractivity contribution in [1.29, 1.82) is 0 Å². The van der Waals surface area contributed by atoms with Crippen molar-refractivity contribution in [3.8, 4) is 5.75 Å². The normalized spacial score (nSPS) is 24.8. The first-order chi connectivity index (χ1) is 17.0. The van der Waals surface area contributed by atoms with Gasteiger partial charge < -0.3 is 9.47 Å². The molecule has 2 fully saturated rings. The Bertz CT molecular complexity index is 989. The van der Waals surface area contributed by atoms with E-state index in [-0.39, 0.29) is 30.4 Å². The molecule has 2 saturated carbocycles. The van der Waals surface area contributed by atoms with Crippen LogP contribution in [0, 0.1) is 23.4 Å². The van der Waals surface area contributed by atoms with Crippen molar-refractivity contribution >= 4 is 0 Å². The summed E-state index contributed by atoms with van der Waals surface area (Å²) in [6.07, 6.45) is 9.45. The van der Waals surface area contributed by atoms with Crippen LogP contribution in [0.4, 0.5) is 13.2 Å². The highest BCUT2D eigenvalue weighted by Crippen LogP contribution is 2.40. The smallest absolute Gasteiger partial charge is 0.162 e. The fraction of sp³-hybridized carbons (Fsp3) is 0.533. The molecule has 2 aromatic carbocycles. The molecule has 0 aromatic heterocycles. The summed E-state index contributed by atoms with van der Waals surface area (Å²) in [6, 6.07) is 8.46. The highest BCUT2D eigenvalue weighted by molar-refractivity contribution is 5.32. The Labute approximate surface area is 207 Å². The molecule has 2 nitrogen and oxygen atoms in total. The van der Waals surface area contributed by atoms with Crippen LogP contribution in [0.2, 0.25) is 0 Å². The molecule has 5 heteroatoms. The van der Waals surface area contributed by atoms with E-state index in [1.165, 1.54) is 6.07 Å². The molecule has 190 valence electrons. The number of benzene rings is 2. The Balaban J connectivity index is 1.29. The molecule has 2 aromatic rings. The Morgan fingerprint density at radius 2 is 1.46 bits per heavy atom. The van der Waals surface area contributed by atoms with E-state index in [9.17, 15) is 8.78 Å². The third-order valence-electron chi connectivity index (χ3n) is 7.80. The van der Waals surface area contributed by atoms with Crippen molar-refractivity contribution in [2.24, 2.45) is 5.92 Å².